The van der Waals surface area contributed by atoms with Crippen LogP contribution >= 0.6 is 0 Å². The Bertz CT molecular complexity index is 1000. The van der Waals surface area contributed by atoms with E-state index in [1.165, 1.54) is 19.2 Å². The van der Waals surface area contributed by atoms with Crippen molar-refractivity contribution < 1.29 is 23.5 Å². The Hall–Kier alpha value is -3.12. The minimum atomic E-state index is -0.761. The summed E-state index contributed by atoms with van der Waals surface area (Å²) in [6, 6.07) is 13.3. The van der Waals surface area contributed by atoms with E-state index in [2.05, 4.69) is 4.74 Å². The minimum Gasteiger partial charge on any atom is -0.376 e. The predicted octanol–water partition coefficient (Wildman–Crippen LogP) is 3.19. The van der Waals surface area contributed by atoms with Gasteiger partial charge in [-0.25, -0.2) is 4.39 Å². The van der Waals surface area contributed by atoms with Gasteiger partial charge < -0.3 is 9.30 Å². The first-order valence-corrected chi connectivity index (χ1v) is 8.39. The topological polar surface area (TPSA) is 65.4 Å². The van der Waals surface area contributed by atoms with Gasteiger partial charge in [0.1, 0.15) is 12.4 Å². The molecule has 0 bridgehead atoms. The molecule has 2 aromatic carbocycles. The zero-order valence-corrected chi connectivity index (χ0v) is 14.8. The third kappa shape index (κ3) is 4.35. The first kappa shape index (κ1) is 18.7. The standard InChI is InChI=1S/C21H18FNO4/c1-27-13-21(26)20(25)11-19(24)16-5-4-15-8-9-23(18(15)10-16)12-14-2-6-17(22)7-3-14/h2-10H,11-13H2,1H3. The van der Waals surface area contributed by atoms with Crippen molar-refractivity contribution in [2.75, 3.05) is 13.7 Å². The van der Waals surface area contributed by atoms with Gasteiger partial charge in [-0.2, -0.15) is 0 Å². The fraction of sp³-hybridized carbons (Fsp3) is 0.190. The third-order valence-corrected chi connectivity index (χ3v) is 4.27. The van der Waals surface area contributed by atoms with Gasteiger partial charge in [-0.3, -0.25) is 14.4 Å². The van der Waals surface area contributed by atoms with Crippen LogP contribution in [0.4, 0.5) is 4.39 Å². The molecule has 0 atom stereocenters. The van der Waals surface area contributed by atoms with Crippen LogP contribution < -0.4 is 0 Å². The molecule has 0 spiro atoms. The second kappa shape index (κ2) is 8.05. The molecule has 27 heavy (non-hydrogen) atoms. The molecule has 0 fully saturated rings. The summed E-state index contributed by atoms with van der Waals surface area (Å²) in [5.41, 5.74) is 2.10. The molecule has 1 aromatic heterocycles. The Labute approximate surface area is 155 Å². The van der Waals surface area contributed by atoms with Crippen molar-refractivity contribution in [2.24, 2.45) is 0 Å². The molecular weight excluding hydrogens is 349 g/mol. The SMILES string of the molecule is COCC(=O)C(=O)CC(=O)c1ccc2ccn(Cc3ccc(F)cc3)c2c1. The molecule has 0 N–H and O–H groups in total. The van der Waals surface area contributed by atoms with E-state index in [9.17, 15) is 18.8 Å². The van der Waals surface area contributed by atoms with E-state index in [-0.39, 0.29) is 12.4 Å². The van der Waals surface area contributed by atoms with Gasteiger partial charge in [-0.1, -0.05) is 24.3 Å². The Balaban J connectivity index is 1.81. The summed E-state index contributed by atoms with van der Waals surface area (Å²) in [6.07, 6.45) is 1.40. The molecule has 0 aliphatic heterocycles. The molecule has 0 aliphatic rings. The lowest BCUT2D eigenvalue weighted by molar-refractivity contribution is -0.138. The number of hydrogen-bond acceptors (Lipinski definition) is 4. The molecule has 5 nitrogen and oxygen atoms in total. The van der Waals surface area contributed by atoms with Gasteiger partial charge in [0.05, 0.1) is 6.42 Å². The van der Waals surface area contributed by atoms with Gasteiger partial charge in [-0.05, 0) is 35.2 Å². The summed E-state index contributed by atoms with van der Waals surface area (Å²) < 4.78 is 19.6. The number of fused-ring (bicyclic) bond motifs is 1. The number of carbonyl (C=O) groups excluding carboxylic acids is 3. The lowest BCUT2D eigenvalue weighted by Crippen LogP contribution is -2.22. The first-order valence-electron chi connectivity index (χ1n) is 8.39. The number of halogens is 1. The molecule has 138 valence electrons. The van der Waals surface area contributed by atoms with Gasteiger partial charge in [0.2, 0.25) is 11.6 Å². The van der Waals surface area contributed by atoms with E-state index < -0.39 is 23.8 Å². The summed E-state index contributed by atoms with van der Waals surface area (Å²) in [5.74, 6) is -2.19. The van der Waals surface area contributed by atoms with E-state index in [1.807, 2.05) is 16.8 Å². The molecule has 3 aromatic rings. The average Bonchev–Trinajstić information content (AvgIpc) is 3.05. The van der Waals surface area contributed by atoms with Gasteiger partial charge in [-0.15, -0.1) is 0 Å². The van der Waals surface area contributed by atoms with Crippen LogP contribution in [0.15, 0.2) is 54.7 Å². The molecule has 0 saturated carbocycles. The van der Waals surface area contributed by atoms with Crippen LogP contribution in [-0.2, 0) is 20.9 Å². The summed E-state index contributed by atoms with van der Waals surface area (Å²) in [7, 11) is 1.32. The van der Waals surface area contributed by atoms with Crippen LogP contribution in [-0.4, -0.2) is 35.6 Å². The van der Waals surface area contributed by atoms with E-state index in [0.717, 1.165) is 16.5 Å². The highest BCUT2D eigenvalue weighted by molar-refractivity contribution is 6.41. The number of rotatable bonds is 8. The number of hydrogen-bond donors (Lipinski definition) is 0. The van der Waals surface area contributed by atoms with Crippen molar-refractivity contribution >= 4 is 28.3 Å². The van der Waals surface area contributed by atoms with Crippen molar-refractivity contribution in [2.45, 2.75) is 13.0 Å². The van der Waals surface area contributed by atoms with Crippen molar-refractivity contribution in [1.82, 2.24) is 4.57 Å². The fourth-order valence-electron chi connectivity index (χ4n) is 2.84. The summed E-state index contributed by atoms with van der Waals surface area (Å²) in [5, 5.41) is 0.940. The number of benzene rings is 2. The molecule has 1 heterocycles. The summed E-state index contributed by atoms with van der Waals surface area (Å²) >= 11 is 0. The number of ketones is 3. The van der Waals surface area contributed by atoms with E-state index in [0.29, 0.717) is 12.1 Å². The zero-order valence-electron chi connectivity index (χ0n) is 14.8. The quantitative estimate of drug-likeness (QED) is 0.348. The van der Waals surface area contributed by atoms with Gasteiger partial charge in [0, 0.05) is 30.9 Å². The lowest BCUT2D eigenvalue weighted by atomic mass is 10.0. The van der Waals surface area contributed by atoms with Crippen LogP contribution in [0.1, 0.15) is 22.3 Å². The van der Waals surface area contributed by atoms with Crippen LogP contribution in [0.2, 0.25) is 0 Å². The molecule has 3 rings (SSSR count). The Morgan fingerprint density at radius 1 is 1.00 bits per heavy atom. The Morgan fingerprint density at radius 3 is 2.44 bits per heavy atom. The zero-order chi connectivity index (χ0) is 19.4. The minimum absolute atomic E-state index is 0.295. The largest absolute Gasteiger partial charge is 0.376 e. The van der Waals surface area contributed by atoms with Crippen LogP contribution in [0.25, 0.3) is 10.9 Å². The van der Waals surface area contributed by atoms with Crippen LogP contribution in [0.5, 0.6) is 0 Å². The van der Waals surface area contributed by atoms with E-state index in [1.54, 1.807) is 30.3 Å². The van der Waals surface area contributed by atoms with Gasteiger partial charge in [0.15, 0.2) is 5.78 Å². The highest BCUT2D eigenvalue weighted by Gasteiger charge is 2.19. The summed E-state index contributed by atoms with van der Waals surface area (Å²) in [6.45, 7) is 0.193. The number of ether oxygens (including phenoxy) is 1. The maximum absolute atomic E-state index is 13.1. The number of Topliss-reactive ketones (excluding diaryl/α,β-unsaturated/α-hetero) is 3. The van der Waals surface area contributed by atoms with Crippen LogP contribution in [0.3, 0.4) is 0 Å². The average molecular weight is 367 g/mol. The second-order valence-electron chi connectivity index (χ2n) is 6.22. The monoisotopic (exact) mass is 367 g/mol. The maximum Gasteiger partial charge on any atom is 0.224 e. The lowest BCUT2D eigenvalue weighted by Gasteiger charge is -2.07. The van der Waals surface area contributed by atoms with Crippen molar-refractivity contribution in [3.63, 3.8) is 0 Å². The normalized spacial score (nSPS) is 10.9. The van der Waals surface area contributed by atoms with E-state index >= 15 is 0 Å². The van der Waals surface area contributed by atoms with E-state index in [4.69, 9.17) is 0 Å². The second-order valence-corrected chi connectivity index (χ2v) is 6.22. The number of carbonyl (C=O) groups is 3. The van der Waals surface area contributed by atoms with Crippen LogP contribution in [0, 0.1) is 5.82 Å². The Morgan fingerprint density at radius 2 is 1.74 bits per heavy atom. The first-order chi connectivity index (χ1) is 13.0. The summed E-state index contributed by atoms with van der Waals surface area (Å²) in [4.78, 5) is 35.7. The highest BCUT2D eigenvalue weighted by Crippen LogP contribution is 2.20. The third-order valence-electron chi connectivity index (χ3n) is 4.27. The maximum atomic E-state index is 13.1. The molecule has 0 amide bonds. The number of aromatic nitrogens is 1. The molecule has 0 unspecified atom stereocenters. The number of nitrogens with zero attached hydrogens (tertiary/aromatic N) is 1. The fourth-order valence-corrected chi connectivity index (χ4v) is 2.84. The molecule has 0 aliphatic carbocycles. The van der Waals surface area contributed by atoms with Crippen molar-refractivity contribution in [1.29, 1.82) is 0 Å². The highest BCUT2D eigenvalue weighted by atomic mass is 19.1. The van der Waals surface area contributed by atoms with Gasteiger partial charge in [0.25, 0.3) is 0 Å². The van der Waals surface area contributed by atoms with Crippen molar-refractivity contribution in [3.8, 4) is 0 Å². The van der Waals surface area contributed by atoms with Gasteiger partial charge >= 0.3 is 0 Å². The smallest absolute Gasteiger partial charge is 0.224 e. The molecule has 0 saturated heterocycles. The molecular formula is C21H18FNO4. The molecule has 6 heteroatoms. The number of methoxy groups -OCH3 is 1. The Kier molecular flexibility index (Phi) is 5.57. The molecule has 0 radical (unpaired) electrons. The predicted molar refractivity (Wildman–Crippen MR) is 98.3 cm³/mol. The van der Waals surface area contributed by atoms with Crippen molar-refractivity contribution in [3.05, 3.63) is 71.7 Å².